The van der Waals surface area contributed by atoms with Crippen LogP contribution in [0, 0.1) is 6.08 Å². The van der Waals surface area contributed by atoms with Gasteiger partial charge in [0.05, 0.1) is 6.61 Å². The number of aliphatic hydroxyl groups is 1. The average molecular weight is 133 g/mol. The van der Waals surface area contributed by atoms with Crippen LogP contribution in [-0.4, -0.2) is 5.11 Å². The van der Waals surface area contributed by atoms with Gasteiger partial charge in [-0.1, -0.05) is 24.8 Å². The third kappa shape index (κ3) is 1.45. The highest BCUT2D eigenvalue weighted by molar-refractivity contribution is 5.26. The van der Waals surface area contributed by atoms with E-state index in [2.05, 4.69) is 12.7 Å². The maximum Gasteiger partial charge on any atom is 0.0682 e. The number of rotatable bonds is 2. The van der Waals surface area contributed by atoms with E-state index in [-0.39, 0.29) is 6.61 Å². The minimum atomic E-state index is 0.0789. The molecule has 0 aliphatic heterocycles. The second-order valence-corrected chi connectivity index (χ2v) is 2.04. The summed E-state index contributed by atoms with van der Waals surface area (Å²) in [6.07, 6.45) is 2.74. The molecule has 0 atom stereocenters. The summed E-state index contributed by atoms with van der Waals surface area (Å²) in [5.74, 6) is 0. The van der Waals surface area contributed by atoms with Gasteiger partial charge in [0, 0.05) is 0 Å². The summed E-state index contributed by atoms with van der Waals surface area (Å²) >= 11 is 0. The second kappa shape index (κ2) is 3.18. The molecular formula is C9H9O. The molecule has 0 bridgehead atoms. The van der Waals surface area contributed by atoms with Crippen molar-refractivity contribution in [3.8, 4) is 0 Å². The Morgan fingerprint density at radius 2 is 2.30 bits per heavy atom. The van der Waals surface area contributed by atoms with Crippen LogP contribution >= 0.6 is 0 Å². The molecule has 0 saturated carbocycles. The van der Waals surface area contributed by atoms with Crippen LogP contribution in [0.4, 0.5) is 0 Å². The molecular weight excluding hydrogens is 124 g/mol. The summed E-state index contributed by atoms with van der Waals surface area (Å²) < 4.78 is 0. The first-order chi connectivity index (χ1) is 4.86. The highest BCUT2D eigenvalue weighted by Gasteiger charge is 1.88. The summed E-state index contributed by atoms with van der Waals surface area (Å²) in [4.78, 5) is 0. The Hall–Kier alpha value is -1.08. The predicted octanol–water partition coefficient (Wildman–Crippen LogP) is 1.52. The van der Waals surface area contributed by atoms with Crippen molar-refractivity contribution in [3.63, 3.8) is 0 Å². The highest BCUT2D eigenvalue weighted by atomic mass is 16.3. The predicted molar refractivity (Wildman–Crippen MR) is 40.3 cm³/mol. The van der Waals surface area contributed by atoms with Crippen LogP contribution < -0.4 is 0 Å². The molecule has 1 aromatic rings. The molecule has 0 fully saturated rings. The lowest BCUT2D eigenvalue weighted by molar-refractivity contribution is 0.282. The zero-order chi connectivity index (χ0) is 7.40. The van der Waals surface area contributed by atoms with E-state index in [9.17, 15) is 0 Å². The Balaban J connectivity index is 2.98. The molecule has 0 spiro atoms. The smallest absolute Gasteiger partial charge is 0.0682 e. The molecule has 0 saturated heterocycles. The van der Waals surface area contributed by atoms with E-state index in [0.29, 0.717) is 0 Å². The van der Waals surface area contributed by atoms with E-state index in [1.54, 1.807) is 0 Å². The number of benzene rings is 1. The summed E-state index contributed by atoms with van der Waals surface area (Å²) in [6, 6.07) is 7.49. The fourth-order valence-corrected chi connectivity index (χ4v) is 0.780. The Bertz CT molecular complexity index is 228. The average Bonchev–Trinajstić information content (AvgIpc) is 2.05. The summed E-state index contributed by atoms with van der Waals surface area (Å²) in [6.45, 7) is 3.58. The van der Waals surface area contributed by atoms with Gasteiger partial charge in [-0.3, -0.25) is 0 Å². The lowest BCUT2D eigenvalue weighted by atomic mass is 10.1. The molecule has 1 N–H and O–H groups in total. The minimum Gasteiger partial charge on any atom is -0.392 e. The van der Waals surface area contributed by atoms with Gasteiger partial charge in [-0.25, -0.2) is 0 Å². The Labute approximate surface area is 60.6 Å². The van der Waals surface area contributed by atoms with Gasteiger partial charge >= 0.3 is 0 Å². The summed E-state index contributed by atoms with van der Waals surface area (Å²) in [7, 11) is 0. The first kappa shape index (κ1) is 7.03. The third-order valence-corrected chi connectivity index (χ3v) is 1.31. The van der Waals surface area contributed by atoms with Crippen molar-refractivity contribution >= 4 is 0 Å². The van der Waals surface area contributed by atoms with E-state index in [4.69, 9.17) is 5.11 Å². The highest BCUT2D eigenvalue weighted by Crippen LogP contribution is 2.03. The summed E-state index contributed by atoms with van der Waals surface area (Å²) in [5, 5.41) is 8.71. The molecule has 0 unspecified atom stereocenters. The van der Waals surface area contributed by atoms with E-state index >= 15 is 0 Å². The van der Waals surface area contributed by atoms with Crippen molar-refractivity contribution in [3.05, 3.63) is 48.0 Å². The quantitative estimate of drug-likeness (QED) is 0.648. The van der Waals surface area contributed by atoms with Crippen LogP contribution in [0.25, 0.3) is 0 Å². The molecule has 51 valence electrons. The first-order valence-corrected chi connectivity index (χ1v) is 3.09. The fraction of sp³-hybridized carbons (Fsp3) is 0.111. The maximum absolute atomic E-state index is 8.71. The Kier molecular flexibility index (Phi) is 2.24. The van der Waals surface area contributed by atoms with E-state index in [1.807, 2.05) is 24.3 Å². The molecule has 1 rings (SSSR count). The molecule has 10 heavy (non-hydrogen) atoms. The lowest BCUT2D eigenvalue weighted by Crippen LogP contribution is -1.82. The van der Waals surface area contributed by atoms with E-state index < -0.39 is 0 Å². The van der Waals surface area contributed by atoms with Gasteiger partial charge in [-0.2, -0.15) is 0 Å². The van der Waals surface area contributed by atoms with Gasteiger partial charge in [0.25, 0.3) is 0 Å². The standard InChI is InChI=1S/C9H9O/c1-2-8-4-3-5-9(6-8)7-10/h3-6,10H,1,7H2. The van der Waals surface area contributed by atoms with Crippen LogP contribution in [-0.2, 0) is 6.61 Å². The molecule has 0 aliphatic rings. The SMILES string of the molecule is C=[C]c1cccc(CO)c1. The van der Waals surface area contributed by atoms with Crippen LogP contribution in [0.2, 0.25) is 0 Å². The molecule has 1 radical (unpaired) electrons. The molecule has 0 aromatic heterocycles. The van der Waals surface area contributed by atoms with Gasteiger partial charge in [0.2, 0.25) is 0 Å². The maximum atomic E-state index is 8.71. The van der Waals surface area contributed by atoms with E-state index in [1.165, 1.54) is 0 Å². The van der Waals surface area contributed by atoms with Gasteiger partial charge in [0.15, 0.2) is 0 Å². The molecule has 0 aliphatic carbocycles. The lowest BCUT2D eigenvalue weighted by Gasteiger charge is -1.95. The monoisotopic (exact) mass is 133 g/mol. The van der Waals surface area contributed by atoms with Crippen LogP contribution in [0.1, 0.15) is 11.1 Å². The molecule has 0 amide bonds. The minimum absolute atomic E-state index is 0.0789. The van der Waals surface area contributed by atoms with Crippen molar-refractivity contribution in [1.29, 1.82) is 0 Å². The van der Waals surface area contributed by atoms with Crippen molar-refractivity contribution in [2.24, 2.45) is 0 Å². The second-order valence-electron chi connectivity index (χ2n) is 2.04. The van der Waals surface area contributed by atoms with Crippen LogP contribution in [0.15, 0.2) is 30.8 Å². The van der Waals surface area contributed by atoms with Crippen molar-refractivity contribution in [2.75, 3.05) is 0 Å². The molecule has 1 nitrogen and oxygen atoms in total. The normalized spacial score (nSPS) is 9.30. The van der Waals surface area contributed by atoms with Crippen LogP contribution in [0.3, 0.4) is 0 Å². The summed E-state index contributed by atoms with van der Waals surface area (Å²) in [5.41, 5.74) is 1.82. The van der Waals surface area contributed by atoms with Gasteiger partial charge in [0.1, 0.15) is 0 Å². The van der Waals surface area contributed by atoms with Crippen molar-refractivity contribution in [1.82, 2.24) is 0 Å². The topological polar surface area (TPSA) is 20.2 Å². The van der Waals surface area contributed by atoms with Gasteiger partial charge in [-0.05, 0) is 23.3 Å². The zero-order valence-electron chi connectivity index (χ0n) is 5.67. The number of hydrogen-bond donors (Lipinski definition) is 1. The third-order valence-electron chi connectivity index (χ3n) is 1.31. The fourth-order valence-electron chi connectivity index (χ4n) is 0.780. The van der Waals surface area contributed by atoms with Crippen molar-refractivity contribution in [2.45, 2.75) is 6.61 Å². The van der Waals surface area contributed by atoms with Crippen LogP contribution in [0.5, 0.6) is 0 Å². The Morgan fingerprint density at radius 3 is 2.90 bits per heavy atom. The van der Waals surface area contributed by atoms with E-state index in [0.717, 1.165) is 11.1 Å². The molecule has 0 heterocycles. The number of aliphatic hydroxyl groups excluding tert-OH is 1. The zero-order valence-corrected chi connectivity index (χ0v) is 5.67. The molecule has 1 heteroatoms. The van der Waals surface area contributed by atoms with Gasteiger partial charge < -0.3 is 5.11 Å². The largest absolute Gasteiger partial charge is 0.392 e. The number of hydrogen-bond acceptors (Lipinski definition) is 1. The molecule has 1 aromatic carbocycles. The van der Waals surface area contributed by atoms with Crippen molar-refractivity contribution < 1.29 is 5.11 Å². The Morgan fingerprint density at radius 1 is 1.50 bits per heavy atom. The first-order valence-electron chi connectivity index (χ1n) is 3.09. The van der Waals surface area contributed by atoms with Gasteiger partial charge in [-0.15, -0.1) is 0 Å².